The molecule has 2 aliphatic rings. The van der Waals surface area contributed by atoms with Gasteiger partial charge in [-0.1, -0.05) is 18.2 Å². The van der Waals surface area contributed by atoms with Gasteiger partial charge in [0.2, 0.25) is 5.95 Å². The topological polar surface area (TPSA) is 69.0 Å². The van der Waals surface area contributed by atoms with Crippen LogP contribution in [0.4, 0.5) is 5.95 Å². The van der Waals surface area contributed by atoms with E-state index < -0.39 is 0 Å². The highest BCUT2D eigenvalue weighted by molar-refractivity contribution is 5.99. The van der Waals surface area contributed by atoms with Crippen molar-refractivity contribution in [2.24, 2.45) is 0 Å². The maximum Gasteiger partial charge on any atom is 0.226 e. The number of fused-ring (bicyclic) bond motifs is 1. The van der Waals surface area contributed by atoms with Crippen LogP contribution in [0.25, 0.3) is 0 Å². The fraction of sp³-hybridized carbons (Fsp3) is 0.353. The van der Waals surface area contributed by atoms with Crippen molar-refractivity contribution >= 4 is 11.7 Å². The second-order valence-corrected chi connectivity index (χ2v) is 5.70. The lowest BCUT2D eigenvalue weighted by molar-refractivity contribution is -0.116. The zero-order chi connectivity index (χ0) is 15.8. The van der Waals surface area contributed by atoms with Crippen molar-refractivity contribution in [2.45, 2.75) is 32.2 Å². The highest BCUT2D eigenvalue weighted by Gasteiger charge is 2.37. The Hall–Kier alpha value is -2.63. The van der Waals surface area contributed by atoms with Gasteiger partial charge in [0, 0.05) is 23.3 Å². The molecule has 0 unspecified atom stereocenters. The predicted molar refractivity (Wildman–Crippen MR) is 85.3 cm³/mol. The minimum absolute atomic E-state index is 0.177. The number of nitrogens with one attached hydrogen (secondary N) is 1. The maximum absolute atomic E-state index is 12.6. The van der Waals surface area contributed by atoms with Crippen molar-refractivity contribution in [3.63, 3.8) is 0 Å². The third-order valence-corrected chi connectivity index (χ3v) is 4.32. The van der Waals surface area contributed by atoms with Crippen molar-refractivity contribution in [3.8, 4) is 5.75 Å². The summed E-state index contributed by atoms with van der Waals surface area (Å²) in [7, 11) is 0. The van der Waals surface area contributed by atoms with Gasteiger partial charge in [-0.3, -0.25) is 4.79 Å². The second-order valence-electron chi connectivity index (χ2n) is 5.70. The number of aromatic nitrogens is 3. The molecule has 0 saturated heterocycles. The fourth-order valence-corrected chi connectivity index (χ4v) is 3.38. The van der Waals surface area contributed by atoms with E-state index >= 15 is 0 Å². The summed E-state index contributed by atoms with van der Waals surface area (Å²) in [5.41, 5.74) is 2.71. The summed E-state index contributed by atoms with van der Waals surface area (Å²) in [5.74, 6) is 1.64. The van der Waals surface area contributed by atoms with Gasteiger partial charge in [0.05, 0.1) is 6.61 Å². The summed E-state index contributed by atoms with van der Waals surface area (Å²) < 4.78 is 7.56. The summed E-state index contributed by atoms with van der Waals surface area (Å²) in [5, 5.41) is 7.61. The molecular formula is C17H18N4O2. The van der Waals surface area contributed by atoms with Crippen LogP contribution in [-0.4, -0.2) is 27.2 Å². The van der Waals surface area contributed by atoms with Crippen molar-refractivity contribution in [3.05, 3.63) is 47.4 Å². The first-order chi connectivity index (χ1) is 11.3. The Balaban J connectivity index is 1.91. The SMILES string of the molecule is CCOc1ccccc1[C@H]1C2=C(CCCC2=O)Nc2ncnn21. The number of para-hydroxylation sites is 1. The highest BCUT2D eigenvalue weighted by atomic mass is 16.5. The number of ether oxygens (including phenoxy) is 1. The van der Waals surface area contributed by atoms with E-state index in [-0.39, 0.29) is 11.8 Å². The molecule has 1 N–H and O–H groups in total. The van der Waals surface area contributed by atoms with Crippen LogP contribution in [0.2, 0.25) is 0 Å². The molecule has 0 saturated carbocycles. The Morgan fingerprint density at radius 2 is 2.22 bits per heavy atom. The molecular weight excluding hydrogens is 292 g/mol. The van der Waals surface area contributed by atoms with Crippen LogP contribution in [0, 0.1) is 0 Å². The zero-order valence-corrected chi connectivity index (χ0v) is 13.0. The molecule has 0 amide bonds. The number of allylic oxidation sites excluding steroid dienone is 2. The molecule has 2 aromatic rings. The molecule has 6 nitrogen and oxygen atoms in total. The third kappa shape index (κ3) is 2.21. The number of anilines is 1. The lowest BCUT2D eigenvalue weighted by Crippen LogP contribution is -2.31. The molecule has 0 bridgehead atoms. The number of Topliss-reactive ketones (excluding diaryl/α,β-unsaturated/α-hetero) is 1. The Bertz CT molecular complexity index is 793. The number of rotatable bonds is 3. The minimum atomic E-state index is -0.278. The van der Waals surface area contributed by atoms with E-state index in [2.05, 4.69) is 15.4 Å². The molecule has 1 aromatic carbocycles. The highest BCUT2D eigenvalue weighted by Crippen LogP contribution is 2.42. The monoisotopic (exact) mass is 310 g/mol. The molecule has 1 aliphatic heterocycles. The predicted octanol–water partition coefficient (Wildman–Crippen LogP) is 2.70. The molecule has 0 fully saturated rings. The number of hydrogen-bond acceptors (Lipinski definition) is 5. The Kier molecular flexibility index (Phi) is 3.37. The molecule has 118 valence electrons. The zero-order valence-electron chi connectivity index (χ0n) is 13.0. The number of carbonyl (C=O) groups excluding carboxylic acids is 1. The van der Waals surface area contributed by atoms with Gasteiger partial charge in [0.1, 0.15) is 18.1 Å². The van der Waals surface area contributed by atoms with E-state index in [4.69, 9.17) is 4.74 Å². The number of benzene rings is 1. The van der Waals surface area contributed by atoms with Gasteiger partial charge in [-0.25, -0.2) is 4.68 Å². The lowest BCUT2D eigenvalue weighted by Gasteiger charge is -2.32. The maximum atomic E-state index is 12.6. The molecule has 0 spiro atoms. The quantitative estimate of drug-likeness (QED) is 0.944. The standard InChI is InChI=1S/C17H18N4O2/c1-2-23-14-9-4-3-6-11(14)16-15-12(7-5-8-13(15)22)20-17-18-10-19-21(16)17/h3-4,6,9-10,16H,2,5,7-8H2,1H3,(H,18,19,20)/t16-/m0/s1. The van der Waals surface area contributed by atoms with E-state index in [0.717, 1.165) is 35.4 Å². The van der Waals surface area contributed by atoms with Crippen LogP contribution in [0.5, 0.6) is 5.75 Å². The minimum Gasteiger partial charge on any atom is -0.494 e. The molecule has 2 heterocycles. The lowest BCUT2D eigenvalue weighted by atomic mass is 9.85. The largest absolute Gasteiger partial charge is 0.494 e. The van der Waals surface area contributed by atoms with Crippen LogP contribution >= 0.6 is 0 Å². The Morgan fingerprint density at radius 3 is 3.09 bits per heavy atom. The van der Waals surface area contributed by atoms with E-state index in [1.807, 2.05) is 31.2 Å². The molecule has 1 atom stereocenters. The molecule has 1 aliphatic carbocycles. The van der Waals surface area contributed by atoms with Crippen LogP contribution in [0.15, 0.2) is 41.9 Å². The summed E-state index contributed by atoms with van der Waals surface area (Å²) in [6, 6.07) is 7.56. The van der Waals surface area contributed by atoms with Gasteiger partial charge in [-0.15, -0.1) is 0 Å². The van der Waals surface area contributed by atoms with Crippen molar-refractivity contribution < 1.29 is 9.53 Å². The Labute approximate surface area is 134 Å². The van der Waals surface area contributed by atoms with Gasteiger partial charge >= 0.3 is 0 Å². The second kappa shape index (κ2) is 5.53. The van der Waals surface area contributed by atoms with E-state index in [9.17, 15) is 4.79 Å². The van der Waals surface area contributed by atoms with E-state index in [1.165, 1.54) is 6.33 Å². The smallest absolute Gasteiger partial charge is 0.226 e. The first-order valence-electron chi connectivity index (χ1n) is 7.94. The molecule has 4 rings (SSSR count). The van der Waals surface area contributed by atoms with E-state index in [1.54, 1.807) is 4.68 Å². The van der Waals surface area contributed by atoms with Crippen LogP contribution < -0.4 is 10.1 Å². The van der Waals surface area contributed by atoms with Gasteiger partial charge in [-0.2, -0.15) is 10.1 Å². The number of nitrogens with zero attached hydrogens (tertiary/aromatic N) is 3. The average molecular weight is 310 g/mol. The molecule has 23 heavy (non-hydrogen) atoms. The van der Waals surface area contributed by atoms with Gasteiger partial charge in [0.25, 0.3) is 0 Å². The first-order valence-corrected chi connectivity index (χ1v) is 7.94. The van der Waals surface area contributed by atoms with Crippen LogP contribution in [0.1, 0.15) is 37.8 Å². The average Bonchev–Trinajstić information content (AvgIpc) is 3.02. The molecule has 0 radical (unpaired) electrons. The van der Waals surface area contributed by atoms with Crippen molar-refractivity contribution in [2.75, 3.05) is 11.9 Å². The van der Waals surface area contributed by atoms with Crippen molar-refractivity contribution in [1.29, 1.82) is 0 Å². The van der Waals surface area contributed by atoms with Crippen molar-refractivity contribution in [1.82, 2.24) is 14.8 Å². The molecule has 1 aromatic heterocycles. The van der Waals surface area contributed by atoms with Gasteiger partial charge < -0.3 is 10.1 Å². The third-order valence-electron chi connectivity index (χ3n) is 4.32. The number of ketones is 1. The summed E-state index contributed by atoms with van der Waals surface area (Å²) in [6.45, 7) is 2.53. The van der Waals surface area contributed by atoms with Gasteiger partial charge in [0.15, 0.2) is 5.78 Å². The summed E-state index contributed by atoms with van der Waals surface area (Å²) in [6.07, 6.45) is 3.83. The summed E-state index contributed by atoms with van der Waals surface area (Å²) in [4.78, 5) is 16.9. The fourth-order valence-electron chi connectivity index (χ4n) is 3.38. The van der Waals surface area contributed by atoms with Crippen LogP contribution in [0.3, 0.4) is 0 Å². The van der Waals surface area contributed by atoms with Crippen LogP contribution in [-0.2, 0) is 4.79 Å². The summed E-state index contributed by atoms with van der Waals surface area (Å²) >= 11 is 0. The van der Waals surface area contributed by atoms with Gasteiger partial charge in [-0.05, 0) is 25.8 Å². The Morgan fingerprint density at radius 1 is 1.35 bits per heavy atom. The first kappa shape index (κ1) is 14.0. The number of carbonyl (C=O) groups is 1. The number of hydrogen-bond donors (Lipinski definition) is 1. The van der Waals surface area contributed by atoms with E-state index in [0.29, 0.717) is 19.0 Å². The normalized spacial score (nSPS) is 19.9. The molecule has 6 heteroatoms.